The van der Waals surface area contributed by atoms with Gasteiger partial charge in [0.25, 0.3) is 0 Å². The third-order valence-electron chi connectivity index (χ3n) is 1.67. The van der Waals surface area contributed by atoms with Gasteiger partial charge >= 0.3 is 6.09 Å². The van der Waals surface area contributed by atoms with Crippen LogP contribution in [-0.4, -0.2) is 6.09 Å². The van der Waals surface area contributed by atoms with Crippen molar-refractivity contribution in [2.45, 2.75) is 6.54 Å². The highest BCUT2D eigenvalue weighted by atomic mass is 79.9. The van der Waals surface area contributed by atoms with Crippen molar-refractivity contribution < 1.29 is 9.53 Å². The lowest BCUT2D eigenvalue weighted by Crippen LogP contribution is -2.31. The van der Waals surface area contributed by atoms with Crippen LogP contribution < -0.4 is 10.1 Å². The van der Waals surface area contributed by atoms with E-state index in [9.17, 15) is 4.79 Å². The summed E-state index contributed by atoms with van der Waals surface area (Å²) in [5, 5.41) is 2.58. The molecule has 1 aliphatic heterocycles. The van der Waals surface area contributed by atoms with Gasteiger partial charge in [-0.1, -0.05) is 12.1 Å². The van der Waals surface area contributed by atoms with Crippen LogP contribution in [-0.2, 0) is 6.54 Å². The van der Waals surface area contributed by atoms with Crippen LogP contribution in [0.15, 0.2) is 22.7 Å². The Hall–Kier alpha value is -1.03. The van der Waals surface area contributed by atoms with Gasteiger partial charge < -0.3 is 10.1 Å². The van der Waals surface area contributed by atoms with Crippen molar-refractivity contribution in [3.05, 3.63) is 28.2 Å². The zero-order chi connectivity index (χ0) is 8.55. The first kappa shape index (κ1) is 7.61. The number of amides is 1. The lowest BCUT2D eigenvalue weighted by Gasteiger charge is -2.17. The number of rotatable bonds is 0. The van der Waals surface area contributed by atoms with Crippen LogP contribution in [0.5, 0.6) is 5.75 Å². The predicted molar refractivity (Wildman–Crippen MR) is 47.0 cm³/mol. The number of hydrogen-bond acceptors (Lipinski definition) is 2. The van der Waals surface area contributed by atoms with E-state index in [1.807, 2.05) is 18.2 Å². The average molecular weight is 228 g/mol. The molecule has 0 aliphatic carbocycles. The quantitative estimate of drug-likeness (QED) is 0.737. The summed E-state index contributed by atoms with van der Waals surface area (Å²) in [7, 11) is 0. The summed E-state index contributed by atoms with van der Waals surface area (Å²) < 4.78 is 5.78. The molecule has 1 aliphatic rings. The van der Waals surface area contributed by atoms with Crippen LogP contribution in [0.25, 0.3) is 0 Å². The Labute approximate surface area is 77.8 Å². The van der Waals surface area contributed by atoms with Gasteiger partial charge in [-0.05, 0) is 22.0 Å². The topological polar surface area (TPSA) is 38.3 Å². The average Bonchev–Trinajstić information content (AvgIpc) is 2.07. The molecule has 62 valence electrons. The van der Waals surface area contributed by atoms with Gasteiger partial charge in [-0.2, -0.15) is 0 Å². The number of halogens is 1. The van der Waals surface area contributed by atoms with Crippen molar-refractivity contribution in [2.24, 2.45) is 0 Å². The van der Waals surface area contributed by atoms with Crippen LogP contribution in [0.3, 0.4) is 0 Å². The minimum absolute atomic E-state index is 0.394. The molecule has 1 heterocycles. The Morgan fingerprint density at radius 2 is 2.33 bits per heavy atom. The van der Waals surface area contributed by atoms with Crippen LogP contribution >= 0.6 is 15.9 Å². The molecule has 1 amide bonds. The lowest BCUT2D eigenvalue weighted by molar-refractivity contribution is 0.194. The van der Waals surface area contributed by atoms with Crippen molar-refractivity contribution >= 4 is 22.0 Å². The van der Waals surface area contributed by atoms with E-state index in [0.29, 0.717) is 12.3 Å². The van der Waals surface area contributed by atoms with Gasteiger partial charge in [0.1, 0.15) is 0 Å². The zero-order valence-electron chi connectivity index (χ0n) is 6.13. The predicted octanol–water partition coefficient (Wildman–Crippen LogP) is 2.05. The first-order valence-electron chi connectivity index (χ1n) is 3.50. The first-order chi connectivity index (χ1) is 5.77. The van der Waals surface area contributed by atoms with E-state index in [-0.39, 0.29) is 0 Å². The number of carbonyl (C=O) groups is 1. The van der Waals surface area contributed by atoms with Crippen LogP contribution in [0.2, 0.25) is 0 Å². The molecular formula is C8H6BrNO2. The van der Waals surface area contributed by atoms with E-state index in [1.165, 1.54) is 0 Å². The molecule has 0 saturated heterocycles. The SMILES string of the molecule is O=C1NCc2cccc(Br)c2O1. The third kappa shape index (κ3) is 1.18. The number of fused-ring (bicyclic) bond motifs is 1. The summed E-state index contributed by atoms with van der Waals surface area (Å²) in [6, 6.07) is 5.67. The van der Waals surface area contributed by atoms with Crippen molar-refractivity contribution in [3.63, 3.8) is 0 Å². The highest BCUT2D eigenvalue weighted by molar-refractivity contribution is 9.10. The number of benzene rings is 1. The molecule has 0 unspecified atom stereocenters. The summed E-state index contributed by atoms with van der Waals surface area (Å²) in [6.07, 6.45) is -0.394. The number of ether oxygens (including phenoxy) is 1. The van der Waals surface area contributed by atoms with E-state index < -0.39 is 6.09 Å². The second kappa shape index (κ2) is 2.79. The van der Waals surface area contributed by atoms with E-state index in [2.05, 4.69) is 21.2 Å². The molecule has 4 heteroatoms. The second-order valence-electron chi connectivity index (χ2n) is 2.47. The summed E-state index contributed by atoms with van der Waals surface area (Å²) in [6.45, 7) is 0.535. The van der Waals surface area contributed by atoms with Crippen LogP contribution in [0, 0.1) is 0 Å². The number of carbonyl (C=O) groups excluding carboxylic acids is 1. The van der Waals surface area contributed by atoms with Gasteiger partial charge in [0, 0.05) is 12.1 Å². The Kier molecular flexibility index (Phi) is 1.77. The molecule has 12 heavy (non-hydrogen) atoms. The number of hydrogen-bond donors (Lipinski definition) is 1. The van der Waals surface area contributed by atoms with E-state index in [0.717, 1.165) is 10.0 Å². The Bertz CT molecular complexity index is 338. The molecule has 0 spiro atoms. The summed E-state index contributed by atoms with van der Waals surface area (Å²) in [5.74, 6) is 0.626. The molecule has 0 radical (unpaired) electrons. The molecule has 1 aromatic rings. The largest absolute Gasteiger partial charge is 0.412 e. The van der Waals surface area contributed by atoms with Crippen molar-refractivity contribution in [2.75, 3.05) is 0 Å². The fourth-order valence-corrected chi connectivity index (χ4v) is 1.59. The summed E-state index contributed by atoms with van der Waals surface area (Å²) >= 11 is 3.30. The molecular weight excluding hydrogens is 222 g/mol. The fourth-order valence-electron chi connectivity index (χ4n) is 1.10. The highest BCUT2D eigenvalue weighted by Crippen LogP contribution is 2.30. The van der Waals surface area contributed by atoms with Gasteiger partial charge in [0.15, 0.2) is 5.75 Å². The molecule has 3 nitrogen and oxygen atoms in total. The molecule has 0 atom stereocenters. The summed E-state index contributed by atoms with van der Waals surface area (Å²) in [5.41, 5.74) is 0.990. The van der Waals surface area contributed by atoms with Crippen LogP contribution in [0.4, 0.5) is 4.79 Å². The smallest absolute Gasteiger partial charge is 0.409 e. The first-order valence-corrected chi connectivity index (χ1v) is 4.30. The monoisotopic (exact) mass is 227 g/mol. The van der Waals surface area contributed by atoms with Gasteiger partial charge in [0.2, 0.25) is 0 Å². The molecule has 0 aromatic heterocycles. The van der Waals surface area contributed by atoms with Crippen molar-refractivity contribution in [1.29, 1.82) is 0 Å². The zero-order valence-corrected chi connectivity index (χ0v) is 7.72. The highest BCUT2D eigenvalue weighted by Gasteiger charge is 2.17. The van der Waals surface area contributed by atoms with Gasteiger partial charge in [-0.25, -0.2) is 4.79 Å². The molecule has 0 saturated carbocycles. The summed E-state index contributed by atoms with van der Waals surface area (Å²) in [4.78, 5) is 10.8. The molecule has 2 rings (SSSR count). The van der Waals surface area contributed by atoms with Crippen LogP contribution in [0.1, 0.15) is 5.56 Å². The Balaban J connectivity index is 2.50. The van der Waals surface area contributed by atoms with Crippen molar-refractivity contribution in [1.82, 2.24) is 5.32 Å². The van der Waals surface area contributed by atoms with Gasteiger partial charge in [0.05, 0.1) is 4.47 Å². The second-order valence-corrected chi connectivity index (χ2v) is 3.33. The van der Waals surface area contributed by atoms with Crippen molar-refractivity contribution in [3.8, 4) is 5.75 Å². The number of para-hydroxylation sites is 1. The van der Waals surface area contributed by atoms with E-state index in [1.54, 1.807) is 0 Å². The minimum Gasteiger partial charge on any atom is -0.409 e. The minimum atomic E-state index is -0.394. The normalized spacial score (nSPS) is 14.6. The molecule has 1 N–H and O–H groups in total. The Morgan fingerprint density at radius 1 is 1.50 bits per heavy atom. The molecule has 0 fully saturated rings. The Morgan fingerprint density at radius 3 is 3.17 bits per heavy atom. The number of nitrogens with one attached hydrogen (secondary N) is 1. The van der Waals surface area contributed by atoms with Gasteiger partial charge in [-0.3, -0.25) is 0 Å². The maximum Gasteiger partial charge on any atom is 0.412 e. The van der Waals surface area contributed by atoms with E-state index >= 15 is 0 Å². The van der Waals surface area contributed by atoms with Gasteiger partial charge in [-0.15, -0.1) is 0 Å². The maximum absolute atomic E-state index is 10.8. The lowest BCUT2D eigenvalue weighted by atomic mass is 10.2. The van der Waals surface area contributed by atoms with E-state index in [4.69, 9.17) is 4.74 Å². The maximum atomic E-state index is 10.8. The fraction of sp³-hybridized carbons (Fsp3) is 0.125. The molecule has 0 bridgehead atoms. The standard InChI is InChI=1S/C8H6BrNO2/c9-6-3-1-2-5-4-10-8(11)12-7(5)6/h1-3H,4H2,(H,10,11). The molecule has 1 aromatic carbocycles. The third-order valence-corrected chi connectivity index (χ3v) is 2.29.